The predicted octanol–water partition coefficient (Wildman–Crippen LogP) is 0.414. The van der Waals surface area contributed by atoms with E-state index < -0.39 is 0 Å². The van der Waals surface area contributed by atoms with E-state index in [4.69, 9.17) is 5.73 Å². The van der Waals surface area contributed by atoms with Crippen LogP contribution in [0.4, 0.5) is 5.69 Å². The van der Waals surface area contributed by atoms with Crippen LogP contribution in [0, 0.1) is 12.8 Å². The monoisotopic (exact) mass is 358 g/mol. The molecule has 7 heteroatoms. The van der Waals surface area contributed by atoms with Gasteiger partial charge in [-0.05, 0) is 31.9 Å². The van der Waals surface area contributed by atoms with E-state index in [9.17, 15) is 14.4 Å². The van der Waals surface area contributed by atoms with Crippen molar-refractivity contribution in [1.29, 1.82) is 0 Å². The summed E-state index contributed by atoms with van der Waals surface area (Å²) in [6.07, 6.45) is 1.84. The Morgan fingerprint density at radius 3 is 2.46 bits per heavy atom. The third-order valence-corrected chi connectivity index (χ3v) is 5.15. The van der Waals surface area contributed by atoms with Crippen molar-refractivity contribution in [3.05, 3.63) is 29.8 Å². The van der Waals surface area contributed by atoms with Crippen molar-refractivity contribution >= 4 is 23.4 Å². The molecule has 2 heterocycles. The number of nitrogens with one attached hydrogen (secondary N) is 1. The first-order chi connectivity index (χ1) is 12.4. The lowest BCUT2D eigenvalue weighted by Crippen LogP contribution is -2.48. The molecule has 140 valence electrons. The zero-order valence-electron chi connectivity index (χ0n) is 15.1. The molecule has 1 unspecified atom stereocenters. The van der Waals surface area contributed by atoms with Crippen LogP contribution in [0.3, 0.4) is 0 Å². The zero-order chi connectivity index (χ0) is 18.7. The Morgan fingerprint density at radius 2 is 1.85 bits per heavy atom. The summed E-state index contributed by atoms with van der Waals surface area (Å²) in [6.45, 7) is 4.18. The highest BCUT2D eigenvalue weighted by Crippen LogP contribution is 2.26. The van der Waals surface area contributed by atoms with E-state index >= 15 is 0 Å². The number of aryl methyl sites for hydroxylation is 1. The molecule has 3 N–H and O–H groups in total. The second-order valence-corrected chi connectivity index (χ2v) is 7.27. The smallest absolute Gasteiger partial charge is 0.231 e. The minimum absolute atomic E-state index is 0.00900. The van der Waals surface area contributed by atoms with Gasteiger partial charge in [0.25, 0.3) is 0 Å². The van der Waals surface area contributed by atoms with Gasteiger partial charge < -0.3 is 16.0 Å². The van der Waals surface area contributed by atoms with Crippen LogP contribution in [-0.2, 0) is 14.4 Å². The number of primary amides is 1. The van der Waals surface area contributed by atoms with Crippen LogP contribution in [-0.4, -0.2) is 54.8 Å². The van der Waals surface area contributed by atoms with Crippen molar-refractivity contribution in [2.24, 2.45) is 11.7 Å². The number of anilines is 1. The minimum Gasteiger partial charge on any atom is -0.369 e. The Bertz CT molecular complexity index is 681. The number of hydrogen-bond donors (Lipinski definition) is 2. The van der Waals surface area contributed by atoms with E-state index in [-0.39, 0.29) is 42.6 Å². The molecule has 2 fully saturated rings. The molecule has 2 saturated heterocycles. The number of carbonyl (C=O) groups is 3. The van der Waals surface area contributed by atoms with Crippen molar-refractivity contribution in [1.82, 2.24) is 10.2 Å². The van der Waals surface area contributed by atoms with Gasteiger partial charge in [0.2, 0.25) is 17.7 Å². The maximum absolute atomic E-state index is 12.6. The quantitative estimate of drug-likeness (QED) is 0.797. The van der Waals surface area contributed by atoms with E-state index in [1.165, 1.54) is 0 Å². The summed E-state index contributed by atoms with van der Waals surface area (Å²) >= 11 is 0. The number of nitrogens with two attached hydrogens (primary N) is 1. The van der Waals surface area contributed by atoms with Gasteiger partial charge >= 0.3 is 0 Å². The van der Waals surface area contributed by atoms with Crippen molar-refractivity contribution in [2.45, 2.75) is 32.2 Å². The van der Waals surface area contributed by atoms with Crippen LogP contribution in [0.5, 0.6) is 0 Å². The van der Waals surface area contributed by atoms with Gasteiger partial charge in [-0.2, -0.15) is 0 Å². The first kappa shape index (κ1) is 18.4. The third-order valence-electron chi connectivity index (χ3n) is 5.15. The first-order valence-electron chi connectivity index (χ1n) is 9.10. The summed E-state index contributed by atoms with van der Waals surface area (Å²) in [4.78, 5) is 39.5. The number of rotatable bonds is 5. The molecule has 3 amide bonds. The SMILES string of the molecule is Cc1ccc(N2CC(C(=O)NC3CCN(CC(N)=O)CC3)CC2=O)cc1. The van der Waals surface area contributed by atoms with Gasteiger partial charge in [0.1, 0.15) is 0 Å². The number of hydrogen-bond acceptors (Lipinski definition) is 4. The summed E-state index contributed by atoms with van der Waals surface area (Å²) in [5.74, 6) is -0.702. The van der Waals surface area contributed by atoms with Gasteiger partial charge in [-0.25, -0.2) is 0 Å². The summed E-state index contributed by atoms with van der Waals surface area (Å²) in [5, 5.41) is 3.08. The highest BCUT2D eigenvalue weighted by Gasteiger charge is 2.36. The maximum atomic E-state index is 12.6. The van der Waals surface area contributed by atoms with Gasteiger partial charge in [-0.3, -0.25) is 19.3 Å². The maximum Gasteiger partial charge on any atom is 0.231 e. The van der Waals surface area contributed by atoms with Gasteiger partial charge in [-0.15, -0.1) is 0 Å². The fourth-order valence-corrected chi connectivity index (χ4v) is 3.63. The molecule has 2 aliphatic rings. The predicted molar refractivity (Wildman–Crippen MR) is 98.4 cm³/mol. The average Bonchev–Trinajstić information content (AvgIpc) is 2.99. The molecule has 3 rings (SSSR count). The zero-order valence-corrected chi connectivity index (χ0v) is 15.1. The van der Waals surface area contributed by atoms with Crippen LogP contribution in [0.2, 0.25) is 0 Å². The minimum atomic E-state index is -0.326. The van der Waals surface area contributed by atoms with Crippen LogP contribution >= 0.6 is 0 Å². The molecule has 2 aliphatic heterocycles. The lowest BCUT2D eigenvalue weighted by molar-refractivity contribution is -0.127. The second-order valence-electron chi connectivity index (χ2n) is 7.27. The number of amides is 3. The van der Waals surface area contributed by atoms with Gasteiger partial charge in [-0.1, -0.05) is 17.7 Å². The Kier molecular flexibility index (Phi) is 5.56. The van der Waals surface area contributed by atoms with Gasteiger partial charge in [0.15, 0.2) is 0 Å². The van der Waals surface area contributed by atoms with Crippen molar-refractivity contribution in [3.8, 4) is 0 Å². The topological polar surface area (TPSA) is 95.7 Å². The molecule has 0 saturated carbocycles. The molecular formula is C19H26N4O3. The highest BCUT2D eigenvalue weighted by atomic mass is 16.2. The van der Waals surface area contributed by atoms with E-state index in [0.717, 1.165) is 37.2 Å². The van der Waals surface area contributed by atoms with E-state index in [2.05, 4.69) is 5.32 Å². The molecule has 1 aromatic carbocycles. The average molecular weight is 358 g/mol. The molecule has 0 spiro atoms. The van der Waals surface area contributed by atoms with Crippen LogP contribution in [0.1, 0.15) is 24.8 Å². The molecule has 26 heavy (non-hydrogen) atoms. The lowest BCUT2D eigenvalue weighted by Gasteiger charge is -2.32. The van der Waals surface area contributed by atoms with Crippen molar-refractivity contribution in [2.75, 3.05) is 31.1 Å². The van der Waals surface area contributed by atoms with Crippen LogP contribution in [0.15, 0.2) is 24.3 Å². The van der Waals surface area contributed by atoms with Gasteiger partial charge in [0.05, 0.1) is 12.5 Å². The summed E-state index contributed by atoms with van der Waals surface area (Å²) in [7, 11) is 0. The first-order valence-corrected chi connectivity index (χ1v) is 9.10. The molecule has 1 atom stereocenters. The summed E-state index contributed by atoms with van der Waals surface area (Å²) in [6, 6.07) is 7.87. The number of benzene rings is 1. The van der Waals surface area contributed by atoms with Crippen LogP contribution in [0.25, 0.3) is 0 Å². The molecule has 0 bridgehead atoms. The summed E-state index contributed by atoms with van der Waals surface area (Å²) in [5.41, 5.74) is 7.20. The molecule has 0 aliphatic carbocycles. The standard InChI is InChI=1S/C19H26N4O3/c1-13-2-4-16(5-3-13)23-11-14(10-18(23)25)19(26)21-15-6-8-22(9-7-15)12-17(20)24/h2-5,14-15H,6-12H2,1H3,(H2,20,24)(H,21,26). The highest BCUT2D eigenvalue weighted by molar-refractivity contribution is 6.00. The Labute approximate surface area is 153 Å². The number of likely N-dealkylation sites (tertiary alicyclic amines) is 1. The van der Waals surface area contributed by atoms with E-state index in [0.29, 0.717) is 6.54 Å². The number of nitrogens with zero attached hydrogens (tertiary/aromatic N) is 2. The normalized spacial score (nSPS) is 21.8. The third kappa shape index (κ3) is 4.40. The lowest BCUT2D eigenvalue weighted by atomic mass is 10.0. The molecule has 0 radical (unpaired) electrons. The fourth-order valence-electron chi connectivity index (χ4n) is 3.63. The van der Waals surface area contributed by atoms with Crippen LogP contribution < -0.4 is 16.0 Å². The molecular weight excluding hydrogens is 332 g/mol. The summed E-state index contributed by atoms with van der Waals surface area (Å²) < 4.78 is 0. The number of piperidine rings is 1. The Morgan fingerprint density at radius 1 is 1.19 bits per heavy atom. The van der Waals surface area contributed by atoms with Crippen molar-refractivity contribution in [3.63, 3.8) is 0 Å². The molecule has 1 aromatic rings. The van der Waals surface area contributed by atoms with Crippen molar-refractivity contribution < 1.29 is 14.4 Å². The Balaban J connectivity index is 1.51. The fraction of sp³-hybridized carbons (Fsp3) is 0.526. The Hall–Kier alpha value is -2.41. The molecule has 7 nitrogen and oxygen atoms in total. The van der Waals surface area contributed by atoms with Gasteiger partial charge in [0, 0.05) is 37.8 Å². The van der Waals surface area contributed by atoms with E-state index in [1.807, 2.05) is 36.1 Å². The largest absolute Gasteiger partial charge is 0.369 e. The second kappa shape index (κ2) is 7.86. The number of carbonyl (C=O) groups excluding carboxylic acids is 3. The van der Waals surface area contributed by atoms with E-state index in [1.54, 1.807) is 4.90 Å². The molecule has 0 aromatic heterocycles.